The van der Waals surface area contributed by atoms with Gasteiger partial charge in [-0.1, -0.05) is 64.7 Å². The van der Waals surface area contributed by atoms with E-state index < -0.39 is 29.7 Å². The number of carboxylic acid groups (broad SMARTS) is 1. The third-order valence-corrected chi connectivity index (χ3v) is 5.16. The highest BCUT2D eigenvalue weighted by atomic mass is 16.4. The molecule has 0 saturated carbocycles. The molecule has 3 amide bonds. The first-order valence-electron chi connectivity index (χ1n) is 11.9. The predicted octanol–water partition coefficient (Wildman–Crippen LogP) is 1.46. The number of aromatic nitrogens is 3. The van der Waals surface area contributed by atoms with E-state index in [1.165, 1.54) is 51.3 Å². The molecule has 1 aromatic rings. The number of hydrogen-bond acceptors (Lipinski definition) is 6. The number of nitrogens with one attached hydrogen (secondary N) is 4. The SMILES string of the molecule is CCCCCCCCCCCCNC(=O)C(=O)NCCC(=O)NC(Cc1ncn[nH]1)C(=O)O. The van der Waals surface area contributed by atoms with Gasteiger partial charge in [-0.25, -0.2) is 9.78 Å². The van der Waals surface area contributed by atoms with Crippen LogP contribution in [0, 0.1) is 0 Å². The number of rotatable bonds is 18. The number of carboxylic acids is 1. The van der Waals surface area contributed by atoms with Crippen LogP contribution in [0.3, 0.4) is 0 Å². The normalized spacial score (nSPS) is 11.5. The van der Waals surface area contributed by atoms with Crippen LogP contribution in [0.2, 0.25) is 0 Å². The Labute approximate surface area is 194 Å². The van der Waals surface area contributed by atoms with Crippen LogP contribution in [0.15, 0.2) is 6.33 Å². The Morgan fingerprint density at radius 1 is 0.909 bits per heavy atom. The van der Waals surface area contributed by atoms with Crippen molar-refractivity contribution in [1.82, 2.24) is 31.1 Å². The fourth-order valence-electron chi connectivity index (χ4n) is 3.25. The van der Waals surface area contributed by atoms with Crippen molar-refractivity contribution in [3.63, 3.8) is 0 Å². The van der Waals surface area contributed by atoms with Gasteiger partial charge < -0.3 is 21.1 Å². The van der Waals surface area contributed by atoms with Crippen LogP contribution < -0.4 is 16.0 Å². The lowest BCUT2D eigenvalue weighted by Crippen LogP contribution is -2.45. The standard InChI is InChI=1S/C22H38N6O5/c1-2-3-4-5-6-7-8-9-10-11-13-23-20(30)21(31)24-14-12-19(29)27-17(22(32)33)15-18-25-16-26-28-18/h16-17H,2-15H2,1H3,(H,23,30)(H,24,31)(H,27,29)(H,32,33)(H,25,26,28). The summed E-state index contributed by atoms with van der Waals surface area (Å²) in [7, 11) is 0. The highest BCUT2D eigenvalue weighted by Gasteiger charge is 2.22. The van der Waals surface area contributed by atoms with Gasteiger partial charge in [0.2, 0.25) is 5.91 Å². The third kappa shape index (κ3) is 13.9. The molecule has 11 nitrogen and oxygen atoms in total. The molecule has 0 radical (unpaired) electrons. The van der Waals surface area contributed by atoms with E-state index in [2.05, 4.69) is 38.1 Å². The molecule has 1 heterocycles. The lowest BCUT2D eigenvalue weighted by molar-refractivity contribution is -0.142. The zero-order valence-electron chi connectivity index (χ0n) is 19.5. The van der Waals surface area contributed by atoms with Crippen LogP contribution in [0.25, 0.3) is 0 Å². The van der Waals surface area contributed by atoms with Gasteiger partial charge in [0, 0.05) is 25.9 Å². The maximum Gasteiger partial charge on any atom is 0.326 e. The number of carbonyl (C=O) groups is 4. The molecule has 0 aliphatic rings. The zero-order chi connectivity index (χ0) is 24.3. The van der Waals surface area contributed by atoms with Gasteiger partial charge in [0.05, 0.1) is 0 Å². The predicted molar refractivity (Wildman–Crippen MR) is 122 cm³/mol. The smallest absolute Gasteiger partial charge is 0.326 e. The Bertz CT molecular complexity index is 710. The highest BCUT2D eigenvalue weighted by Crippen LogP contribution is 2.10. The Hall–Kier alpha value is -2.98. The number of unbranched alkanes of at least 4 members (excludes halogenated alkanes) is 9. The Morgan fingerprint density at radius 2 is 1.48 bits per heavy atom. The van der Waals surface area contributed by atoms with Crippen molar-refractivity contribution in [2.45, 2.75) is 90.0 Å². The second-order valence-corrected chi connectivity index (χ2v) is 8.04. The van der Waals surface area contributed by atoms with Crippen LogP contribution in [0.4, 0.5) is 0 Å². The van der Waals surface area contributed by atoms with Gasteiger partial charge in [-0.3, -0.25) is 19.5 Å². The van der Waals surface area contributed by atoms with E-state index in [0.29, 0.717) is 12.4 Å². The molecule has 1 unspecified atom stereocenters. The van der Waals surface area contributed by atoms with Gasteiger partial charge in [-0.2, -0.15) is 5.10 Å². The van der Waals surface area contributed by atoms with Crippen LogP contribution in [-0.4, -0.2) is 63.1 Å². The molecule has 33 heavy (non-hydrogen) atoms. The number of aliphatic carboxylic acids is 1. The minimum absolute atomic E-state index is 0.0468. The summed E-state index contributed by atoms with van der Waals surface area (Å²) in [6, 6.07) is -1.18. The summed E-state index contributed by atoms with van der Waals surface area (Å²) in [5.74, 6) is -3.00. The van der Waals surface area contributed by atoms with Crippen molar-refractivity contribution >= 4 is 23.7 Å². The van der Waals surface area contributed by atoms with Gasteiger partial charge in [0.25, 0.3) is 0 Å². The Kier molecular flexibility index (Phi) is 14.9. The summed E-state index contributed by atoms with van der Waals surface area (Å²) >= 11 is 0. The molecule has 1 rings (SSSR count). The van der Waals surface area contributed by atoms with E-state index in [0.717, 1.165) is 19.3 Å². The number of hydrogen-bond donors (Lipinski definition) is 5. The first-order chi connectivity index (χ1) is 15.9. The maximum absolute atomic E-state index is 11.9. The lowest BCUT2D eigenvalue weighted by Gasteiger charge is -2.13. The summed E-state index contributed by atoms with van der Waals surface area (Å²) in [4.78, 5) is 50.7. The lowest BCUT2D eigenvalue weighted by atomic mass is 10.1. The zero-order valence-corrected chi connectivity index (χ0v) is 19.5. The van der Waals surface area contributed by atoms with E-state index in [4.69, 9.17) is 0 Å². The molecule has 0 saturated heterocycles. The summed E-state index contributed by atoms with van der Waals surface area (Å²) in [6.45, 7) is 2.57. The number of nitrogens with zero attached hydrogens (tertiary/aromatic N) is 2. The summed E-state index contributed by atoms with van der Waals surface area (Å²) in [6.07, 6.45) is 12.9. The van der Waals surface area contributed by atoms with E-state index in [9.17, 15) is 24.3 Å². The number of aromatic amines is 1. The highest BCUT2D eigenvalue weighted by molar-refractivity contribution is 6.35. The van der Waals surface area contributed by atoms with Crippen LogP contribution in [0.1, 0.15) is 83.4 Å². The van der Waals surface area contributed by atoms with Crippen LogP contribution in [-0.2, 0) is 25.6 Å². The molecule has 1 atom stereocenters. The Balaban J connectivity index is 2.07. The molecule has 0 aromatic carbocycles. The molecule has 5 N–H and O–H groups in total. The van der Waals surface area contributed by atoms with Crippen molar-refractivity contribution in [3.05, 3.63) is 12.2 Å². The minimum Gasteiger partial charge on any atom is -0.480 e. The fraction of sp³-hybridized carbons (Fsp3) is 0.727. The minimum atomic E-state index is -1.21. The molecule has 0 aliphatic carbocycles. The number of H-pyrrole nitrogens is 1. The van der Waals surface area contributed by atoms with Crippen LogP contribution in [0.5, 0.6) is 0 Å². The number of carbonyl (C=O) groups excluding carboxylic acids is 3. The largest absolute Gasteiger partial charge is 0.480 e. The molecule has 0 fully saturated rings. The molecule has 0 bridgehead atoms. The first-order valence-corrected chi connectivity index (χ1v) is 11.9. The van der Waals surface area contributed by atoms with Gasteiger partial charge in [-0.15, -0.1) is 0 Å². The molecule has 11 heteroatoms. The molecular weight excluding hydrogens is 428 g/mol. The number of amides is 3. The maximum atomic E-state index is 11.9. The monoisotopic (exact) mass is 466 g/mol. The van der Waals surface area contributed by atoms with Crippen molar-refractivity contribution in [2.75, 3.05) is 13.1 Å². The fourth-order valence-corrected chi connectivity index (χ4v) is 3.25. The van der Waals surface area contributed by atoms with E-state index in [1.807, 2.05) is 0 Å². The van der Waals surface area contributed by atoms with Gasteiger partial charge in [-0.05, 0) is 6.42 Å². The molecular formula is C22H38N6O5. The van der Waals surface area contributed by atoms with Crippen molar-refractivity contribution in [2.24, 2.45) is 0 Å². The quantitative estimate of drug-likeness (QED) is 0.161. The van der Waals surface area contributed by atoms with E-state index >= 15 is 0 Å². The van der Waals surface area contributed by atoms with Crippen LogP contribution >= 0.6 is 0 Å². The molecule has 186 valence electrons. The van der Waals surface area contributed by atoms with Gasteiger partial charge >= 0.3 is 17.8 Å². The summed E-state index contributed by atoms with van der Waals surface area (Å²) < 4.78 is 0. The first kappa shape index (κ1) is 28.1. The molecule has 0 spiro atoms. The van der Waals surface area contributed by atoms with Gasteiger partial charge in [0.15, 0.2) is 0 Å². The van der Waals surface area contributed by atoms with Gasteiger partial charge in [0.1, 0.15) is 18.2 Å². The second kappa shape index (κ2) is 17.6. The topological polar surface area (TPSA) is 166 Å². The van der Waals surface area contributed by atoms with E-state index in [-0.39, 0.29) is 19.4 Å². The Morgan fingerprint density at radius 3 is 2.03 bits per heavy atom. The molecule has 0 aliphatic heterocycles. The summed E-state index contributed by atoms with van der Waals surface area (Å²) in [5, 5.41) is 22.7. The summed E-state index contributed by atoms with van der Waals surface area (Å²) in [5.41, 5.74) is 0. The third-order valence-electron chi connectivity index (χ3n) is 5.16. The molecule has 1 aromatic heterocycles. The van der Waals surface area contributed by atoms with Crippen molar-refractivity contribution in [1.29, 1.82) is 0 Å². The average molecular weight is 467 g/mol. The van der Waals surface area contributed by atoms with E-state index in [1.54, 1.807) is 0 Å². The second-order valence-electron chi connectivity index (χ2n) is 8.04. The van der Waals surface area contributed by atoms with Crippen molar-refractivity contribution in [3.8, 4) is 0 Å². The van der Waals surface area contributed by atoms with Crippen molar-refractivity contribution < 1.29 is 24.3 Å². The average Bonchev–Trinajstić information content (AvgIpc) is 3.30.